The van der Waals surface area contributed by atoms with E-state index in [1.165, 1.54) is 23.8 Å². The van der Waals surface area contributed by atoms with Crippen molar-refractivity contribution < 1.29 is 9.53 Å². The highest BCUT2D eigenvalue weighted by molar-refractivity contribution is 5.76. The summed E-state index contributed by atoms with van der Waals surface area (Å²) in [5, 5.41) is 0. The van der Waals surface area contributed by atoms with E-state index >= 15 is 0 Å². The van der Waals surface area contributed by atoms with Crippen molar-refractivity contribution >= 4 is 5.97 Å². The predicted octanol–water partition coefficient (Wildman–Crippen LogP) is 4.30. The van der Waals surface area contributed by atoms with Gasteiger partial charge in [-0.3, -0.25) is 4.79 Å². The number of carbonyl (C=O) groups is 1. The summed E-state index contributed by atoms with van der Waals surface area (Å²) in [6.07, 6.45) is 0. The highest BCUT2D eigenvalue weighted by Crippen LogP contribution is 2.58. The SMILES string of the molecule is COC(=O)C1C(C)C(c2ccccc2)C1c1ccccc1C. The fourth-order valence-electron chi connectivity index (χ4n) is 3.99. The zero-order valence-corrected chi connectivity index (χ0v) is 13.3. The second-order valence-corrected chi connectivity index (χ2v) is 6.23. The fraction of sp³-hybridized carbons (Fsp3) is 0.350. The first-order valence-electron chi connectivity index (χ1n) is 7.83. The molecule has 3 rings (SSSR count). The molecule has 4 atom stereocenters. The molecule has 0 aliphatic heterocycles. The molecule has 1 fully saturated rings. The van der Waals surface area contributed by atoms with Gasteiger partial charge in [-0.05, 0) is 35.4 Å². The molecule has 2 aromatic carbocycles. The van der Waals surface area contributed by atoms with Crippen LogP contribution < -0.4 is 0 Å². The summed E-state index contributed by atoms with van der Waals surface area (Å²) in [7, 11) is 1.49. The topological polar surface area (TPSA) is 26.3 Å². The molecule has 1 aliphatic rings. The quantitative estimate of drug-likeness (QED) is 0.789. The van der Waals surface area contributed by atoms with Gasteiger partial charge in [0.15, 0.2) is 0 Å². The van der Waals surface area contributed by atoms with Crippen LogP contribution in [0.2, 0.25) is 0 Å². The Hall–Kier alpha value is -2.09. The van der Waals surface area contributed by atoms with Crippen LogP contribution in [0.15, 0.2) is 54.6 Å². The van der Waals surface area contributed by atoms with E-state index < -0.39 is 0 Å². The number of esters is 1. The van der Waals surface area contributed by atoms with E-state index in [0.29, 0.717) is 11.8 Å². The molecule has 2 aromatic rings. The molecule has 1 aliphatic carbocycles. The van der Waals surface area contributed by atoms with Crippen LogP contribution in [0.4, 0.5) is 0 Å². The van der Waals surface area contributed by atoms with Crippen LogP contribution in [0.1, 0.15) is 35.4 Å². The van der Waals surface area contributed by atoms with Crippen molar-refractivity contribution in [3.63, 3.8) is 0 Å². The zero-order valence-electron chi connectivity index (χ0n) is 13.3. The Morgan fingerprint density at radius 2 is 1.59 bits per heavy atom. The van der Waals surface area contributed by atoms with Crippen molar-refractivity contribution in [2.75, 3.05) is 7.11 Å². The molecule has 0 amide bonds. The number of aryl methyl sites for hydroxylation is 1. The summed E-state index contributed by atoms with van der Waals surface area (Å²) in [5.41, 5.74) is 3.82. The van der Waals surface area contributed by atoms with E-state index in [1.54, 1.807) is 0 Å². The Morgan fingerprint density at radius 1 is 0.955 bits per heavy atom. The lowest BCUT2D eigenvalue weighted by atomic mass is 9.53. The van der Waals surface area contributed by atoms with Gasteiger partial charge in [-0.2, -0.15) is 0 Å². The van der Waals surface area contributed by atoms with E-state index in [1.807, 2.05) is 12.1 Å². The predicted molar refractivity (Wildman–Crippen MR) is 87.8 cm³/mol. The Labute approximate surface area is 132 Å². The van der Waals surface area contributed by atoms with E-state index in [-0.39, 0.29) is 17.8 Å². The van der Waals surface area contributed by atoms with E-state index in [9.17, 15) is 4.79 Å². The highest BCUT2D eigenvalue weighted by atomic mass is 16.5. The van der Waals surface area contributed by atoms with E-state index in [0.717, 1.165) is 0 Å². The van der Waals surface area contributed by atoms with Crippen LogP contribution in [0.3, 0.4) is 0 Å². The number of hydrogen-bond acceptors (Lipinski definition) is 2. The minimum Gasteiger partial charge on any atom is -0.469 e. The minimum absolute atomic E-state index is 0.0590. The average molecular weight is 294 g/mol. The highest BCUT2D eigenvalue weighted by Gasteiger charge is 2.53. The van der Waals surface area contributed by atoms with Crippen molar-refractivity contribution in [3.8, 4) is 0 Å². The third kappa shape index (κ3) is 2.33. The van der Waals surface area contributed by atoms with Crippen LogP contribution in [-0.4, -0.2) is 13.1 Å². The summed E-state index contributed by atoms with van der Waals surface area (Å²) >= 11 is 0. The van der Waals surface area contributed by atoms with Gasteiger partial charge in [0, 0.05) is 5.92 Å². The molecule has 0 heterocycles. The van der Waals surface area contributed by atoms with Crippen LogP contribution in [0, 0.1) is 18.8 Å². The summed E-state index contributed by atoms with van der Waals surface area (Å²) in [6.45, 7) is 4.28. The maximum Gasteiger partial charge on any atom is 0.309 e. The van der Waals surface area contributed by atoms with Gasteiger partial charge < -0.3 is 4.74 Å². The number of methoxy groups -OCH3 is 1. The largest absolute Gasteiger partial charge is 0.469 e. The molecule has 2 heteroatoms. The molecule has 0 saturated heterocycles. The third-order valence-electron chi connectivity index (χ3n) is 5.11. The first kappa shape index (κ1) is 14.8. The molecule has 114 valence electrons. The zero-order chi connectivity index (χ0) is 15.7. The Bertz CT molecular complexity index is 662. The summed E-state index contributed by atoms with van der Waals surface area (Å²) in [6, 6.07) is 18.9. The normalized spacial score (nSPS) is 27.0. The fourth-order valence-corrected chi connectivity index (χ4v) is 3.99. The average Bonchev–Trinajstić information content (AvgIpc) is 2.54. The van der Waals surface area contributed by atoms with Crippen LogP contribution in [0.5, 0.6) is 0 Å². The number of benzene rings is 2. The number of rotatable bonds is 3. The Kier molecular flexibility index (Phi) is 4.02. The number of ether oxygens (including phenoxy) is 1. The van der Waals surface area contributed by atoms with Gasteiger partial charge in [-0.1, -0.05) is 61.5 Å². The summed E-state index contributed by atoms with van der Waals surface area (Å²) in [4.78, 5) is 12.3. The first-order chi connectivity index (χ1) is 10.6. The van der Waals surface area contributed by atoms with Crippen molar-refractivity contribution in [2.45, 2.75) is 25.7 Å². The molecule has 0 aromatic heterocycles. The molecular formula is C20H22O2. The lowest BCUT2D eigenvalue weighted by Crippen LogP contribution is -2.46. The Balaban J connectivity index is 2.03. The maximum absolute atomic E-state index is 12.3. The molecular weight excluding hydrogens is 272 g/mol. The molecule has 0 N–H and O–H groups in total. The van der Waals surface area contributed by atoms with E-state index in [4.69, 9.17) is 4.74 Å². The van der Waals surface area contributed by atoms with Crippen LogP contribution in [0.25, 0.3) is 0 Å². The minimum atomic E-state index is -0.0899. The summed E-state index contributed by atoms with van der Waals surface area (Å²) < 4.78 is 5.06. The van der Waals surface area contributed by atoms with E-state index in [2.05, 4.69) is 56.3 Å². The second kappa shape index (κ2) is 5.96. The van der Waals surface area contributed by atoms with Crippen LogP contribution in [-0.2, 0) is 9.53 Å². The molecule has 2 nitrogen and oxygen atoms in total. The molecule has 4 unspecified atom stereocenters. The monoisotopic (exact) mass is 294 g/mol. The number of carbonyl (C=O) groups excluding carboxylic acids is 1. The second-order valence-electron chi connectivity index (χ2n) is 6.23. The molecule has 0 spiro atoms. The van der Waals surface area contributed by atoms with Gasteiger partial charge in [-0.25, -0.2) is 0 Å². The molecule has 22 heavy (non-hydrogen) atoms. The summed E-state index contributed by atoms with van der Waals surface area (Å²) in [5.74, 6) is 0.709. The van der Waals surface area contributed by atoms with Gasteiger partial charge in [0.2, 0.25) is 0 Å². The van der Waals surface area contributed by atoms with Gasteiger partial charge in [0.25, 0.3) is 0 Å². The lowest BCUT2D eigenvalue weighted by molar-refractivity contribution is -0.154. The molecule has 0 bridgehead atoms. The van der Waals surface area contributed by atoms with Crippen molar-refractivity contribution in [1.82, 2.24) is 0 Å². The van der Waals surface area contributed by atoms with Crippen LogP contribution >= 0.6 is 0 Å². The third-order valence-corrected chi connectivity index (χ3v) is 5.11. The number of hydrogen-bond donors (Lipinski definition) is 0. The first-order valence-corrected chi connectivity index (χ1v) is 7.83. The Morgan fingerprint density at radius 3 is 2.23 bits per heavy atom. The van der Waals surface area contributed by atoms with Crippen molar-refractivity contribution in [3.05, 3.63) is 71.3 Å². The standard InChI is InChI=1S/C20H22O2/c1-13-9-7-8-12-16(13)19-17(15-10-5-4-6-11-15)14(2)18(19)20(21)22-3/h4-12,14,17-19H,1-3H3. The maximum atomic E-state index is 12.3. The van der Waals surface area contributed by atoms with Gasteiger partial charge in [0.05, 0.1) is 13.0 Å². The molecule has 1 saturated carbocycles. The smallest absolute Gasteiger partial charge is 0.309 e. The molecule has 0 radical (unpaired) electrons. The van der Waals surface area contributed by atoms with Gasteiger partial charge >= 0.3 is 5.97 Å². The van der Waals surface area contributed by atoms with Crippen molar-refractivity contribution in [1.29, 1.82) is 0 Å². The van der Waals surface area contributed by atoms with Gasteiger partial charge in [-0.15, -0.1) is 0 Å². The lowest BCUT2D eigenvalue weighted by Gasteiger charge is -2.50. The van der Waals surface area contributed by atoms with Gasteiger partial charge in [0.1, 0.15) is 0 Å². The van der Waals surface area contributed by atoms with Crippen molar-refractivity contribution in [2.24, 2.45) is 11.8 Å².